The fraction of sp³-hybridized carbons (Fsp3) is 0.433. The van der Waals surface area contributed by atoms with Gasteiger partial charge in [-0.3, -0.25) is 9.69 Å². The summed E-state index contributed by atoms with van der Waals surface area (Å²) in [7, 11) is 2.06. The molecule has 0 aliphatic carbocycles. The molecule has 10 heteroatoms. The number of amides is 3. The van der Waals surface area contributed by atoms with Crippen molar-refractivity contribution in [2.75, 3.05) is 37.4 Å². The standard InChI is InChI=1S/C30H39N5O5/c1-19-15-35(20(2)18-36)28(37)14-24-13-25(31-30(38)32-29-21(3)33-40-22(29)4)11-12-26(24)39-27(19)17-34(5)16-23-9-7-6-8-10-23/h6-13,19-20,27,36H,14-18H2,1-5H3,(H2,31,32,38)/t19-,20-,27-/m1/s1. The summed E-state index contributed by atoms with van der Waals surface area (Å²) in [6.45, 7) is 9.13. The number of carbonyl (C=O) groups excluding carboxylic acids is 2. The smallest absolute Gasteiger partial charge is 0.323 e. The minimum absolute atomic E-state index is 0.000696. The lowest BCUT2D eigenvalue weighted by molar-refractivity contribution is -0.134. The monoisotopic (exact) mass is 549 g/mol. The molecule has 2 heterocycles. The maximum atomic E-state index is 13.5. The van der Waals surface area contributed by atoms with Gasteiger partial charge >= 0.3 is 6.03 Å². The number of aryl methyl sites for hydroxylation is 2. The van der Waals surface area contributed by atoms with E-state index in [2.05, 4.69) is 46.8 Å². The van der Waals surface area contributed by atoms with Crippen molar-refractivity contribution in [1.82, 2.24) is 15.0 Å². The number of likely N-dealkylation sites (N-methyl/N-ethyl adjacent to an activating group) is 1. The zero-order valence-corrected chi connectivity index (χ0v) is 23.8. The zero-order valence-electron chi connectivity index (χ0n) is 23.8. The Morgan fingerprint density at radius 2 is 1.95 bits per heavy atom. The molecule has 0 unspecified atom stereocenters. The maximum Gasteiger partial charge on any atom is 0.323 e. The van der Waals surface area contributed by atoms with Crippen LogP contribution in [0.4, 0.5) is 16.2 Å². The summed E-state index contributed by atoms with van der Waals surface area (Å²) in [6.07, 6.45) is -0.131. The quantitative estimate of drug-likeness (QED) is 0.385. The number of rotatable bonds is 8. The second kappa shape index (κ2) is 13.0. The number of benzene rings is 2. The highest BCUT2D eigenvalue weighted by molar-refractivity contribution is 6.00. The van der Waals surface area contributed by atoms with Gasteiger partial charge in [0.2, 0.25) is 5.91 Å². The number of aromatic nitrogens is 1. The fourth-order valence-corrected chi connectivity index (χ4v) is 4.93. The van der Waals surface area contributed by atoms with Crippen molar-refractivity contribution in [3.63, 3.8) is 0 Å². The van der Waals surface area contributed by atoms with Crippen molar-refractivity contribution < 1.29 is 24.0 Å². The van der Waals surface area contributed by atoms with Gasteiger partial charge in [-0.15, -0.1) is 0 Å². The van der Waals surface area contributed by atoms with Crippen molar-refractivity contribution in [2.45, 2.75) is 52.8 Å². The van der Waals surface area contributed by atoms with Gasteiger partial charge in [-0.1, -0.05) is 42.4 Å². The predicted octanol–water partition coefficient (Wildman–Crippen LogP) is 4.22. The summed E-state index contributed by atoms with van der Waals surface area (Å²) in [5.74, 6) is 1.01. The third-order valence-electron chi connectivity index (χ3n) is 7.23. The Balaban J connectivity index is 1.57. The Morgan fingerprint density at radius 1 is 1.20 bits per heavy atom. The average Bonchev–Trinajstić information content (AvgIpc) is 3.25. The molecular weight excluding hydrogens is 510 g/mol. The molecule has 3 amide bonds. The van der Waals surface area contributed by atoms with E-state index >= 15 is 0 Å². The summed E-state index contributed by atoms with van der Waals surface area (Å²) >= 11 is 0. The summed E-state index contributed by atoms with van der Waals surface area (Å²) in [4.78, 5) is 30.1. The van der Waals surface area contributed by atoms with Crippen LogP contribution in [0.15, 0.2) is 53.1 Å². The number of urea groups is 1. The summed E-state index contributed by atoms with van der Waals surface area (Å²) in [5, 5.41) is 19.3. The van der Waals surface area contributed by atoms with Crippen LogP contribution in [0.25, 0.3) is 0 Å². The van der Waals surface area contributed by atoms with Crippen molar-refractivity contribution in [3.05, 3.63) is 71.1 Å². The van der Waals surface area contributed by atoms with Crippen LogP contribution in [0.3, 0.4) is 0 Å². The Hall–Kier alpha value is -3.89. The van der Waals surface area contributed by atoms with Crippen molar-refractivity contribution in [3.8, 4) is 5.75 Å². The lowest BCUT2D eigenvalue weighted by Crippen LogP contribution is -2.47. The molecule has 4 rings (SSSR count). The third-order valence-corrected chi connectivity index (χ3v) is 7.23. The third kappa shape index (κ3) is 7.19. The first-order valence-electron chi connectivity index (χ1n) is 13.6. The van der Waals surface area contributed by atoms with Gasteiger partial charge in [-0.2, -0.15) is 0 Å². The van der Waals surface area contributed by atoms with E-state index in [0.717, 1.165) is 6.54 Å². The Labute approximate surface area is 235 Å². The van der Waals surface area contributed by atoms with E-state index in [0.29, 0.717) is 47.2 Å². The van der Waals surface area contributed by atoms with Gasteiger partial charge in [0.1, 0.15) is 23.2 Å². The predicted molar refractivity (Wildman–Crippen MR) is 153 cm³/mol. The molecule has 0 radical (unpaired) electrons. The molecule has 0 bridgehead atoms. The van der Waals surface area contributed by atoms with Gasteiger partial charge in [-0.05, 0) is 51.6 Å². The number of fused-ring (bicyclic) bond motifs is 1. The molecule has 1 aliphatic heterocycles. The first-order chi connectivity index (χ1) is 19.1. The van der Waals surface area contributed by atoms with Gasteiger partial charge in [-0.25, -0.2) is 4.79 Å². The number of nitrogens with zero attached hydrogens (tertiary/aromatic N) is 3. The van der Waals surface area contributed by atoms with Crippen LogP contribution >= 0.6 is 0 Å². The number of anilines is 2. The van der Waals surface area contributed by atoms with E-state index in [9.17, 15) is 14.7 Å². The van der Waals surface area contributed by atoms with Crippen molar-refractivity contribution in [1.29, 1.82) is 0 Å². The van der Waals surface area contributed by atoms with Crippen LogP contribution in [0.5, 0.6) is 5.75 Å². The molecule has 3 N–H and O–H groups in total. The molecule has 214 valence electrons. The van der Waals surface area contributed by atoms with E-state index in [1.54, 1.807) is 36.9 Å². The molecule has 10 nitrogen and oxygen atoms in total. The summed E-state index contributed by atoms with van der Waals surface area (Å²) in [6, 6.07) is 14.8. The summed E-state index contributed by atoms with van der Waals surface area (Å²) < 4.78 is 11.7. The minimum Gasteiger partial charge on any atom is -0.488 e. The molecule has 0 saturated carbocycles. The first kappa shape index (κ1) is 29.1. The zero-order chi connectivity index (χ0) is 28.8. The van der Waals surface area contributed by atoms with Crippen LogP contribution in [-0.2, 0) is 17.8 Å². The molecule has 2 aromatic carbocycles. The number of carbonyl (C=O) groups is 2. The van der Waals surface area contributed by atoms with Crippen LogP contribution in [0, 0.1) is 19.8 Å². The van der Waals surface area contributed by atoms with E-state index in [4.69, 9.17) is 9.26 Å². The topological polar surface area (TPSA) is 120 Å². The molecule has 3 atom stereocenters. The molecule has 1 aromatic heterocycles. The second-order valence-electron chi connectivity index (χ2n) is 10.7. The molecule has 40 heavy (non-hydrogen) atoms. The van der Waals surface area contributed by atoms with E-state index < -0.39 is 6.03 Å². The summed E-state index contributed by atoms with van der Waals surface area (Å²) in [5.41, 5.74) is 3.49. The average molecular weight is 550 g/mol. The highest BCUT2D eigenvalue weighted by atomic mass is 16.5. The number of ether oxygens (including phenoxy) is 1. The van der Waals surface area contributed by atoms with E-state index in [1.165, 1.54) is 5.56 Å². The lowest BCUT2D eigenvalue weighted by Gasteiger charge is -2.34. The van der Waals surface area contributed by atoms with Gasteiger partial charge in [0.25, 0.3) is 0 Å². The second-order valence-corrected chi connectivity index (χ2v) is 10.7. The number of aliphatic hydroxyl groups excluding tert-OH is 1. The minimum atomic E-state index is -0.450. The van der Waals surface area contributed by atoms with Crippen LogP contribution in [0.1, 0.15) is 36.4 Å². The number of hydrogen-bond donors (Lipinski definition) is 3. The lowest BCUT2D eigenvalue weighted by atomic mass is 10.0. The molecule has 0 spiro atoms. The highest BCUT2D eigenvalue weighted by Gasteiger charge is 2.31. The molecule has 1 aliphatic rings. The van der Waals surface area contributed by atoms with E-state index in [-0.39, 0.29) is 37.0 Å². The molecule has 3 aromatic rings. The van der Waals surface area contributed by atoms with Crippen LogP contribution < -0.4 is 15.4 Å². The number of aliphatic hydroxyl groups is 1. The normalized spacial score (nSPS) is 18.3. The van der Waals surface area contributed by atoms with Crippen LogP contribution in [-0.4, -0.2) is 70.9 Å². The SMILES string of the molecule is Cc1noc(C)c1NC(=O)Nc1ccc2c(c1)CC(=O)N([C@H](C)CO)C[C@@H](C)[C@@H](CN(C)Cc1ccccc1)O2. The Kier molecular flexibility index (Phi) is 9.44. The maximum absolute atomic E-state index is 13.5. The van der Waals surface area contributed by atoms with Gasteiger partial charge in [0.05, 0.1) is 19.1 Å². The van der Waals surface area contributed by atoms with Gasteiger partial charge < -0.3 is 29.9 Å². The van der Waals surface area contributed by atoms with Gasteiger partial charge in [0.15, 0.2) is 5.76 Å². The fourth-order valence-electron chi connectivity index (χ4n) is 4.93. The molecular formula is C30H39N5O5. The largest absolute Gasteiger partial charge is 0.488 e. The van der Waals surface area contributed by atoms with Crippen LogP contribution in [0.2, 0.25) is 0 Å². The first-order valence-corrected chi connectivity index (χ1v) is 13.6. The van der Waals surface area contributed by atoms with Crippen molar-refractivity contribution in [2.24, 2.45) is 5.92 Å². The highest BCUT2D eigenvalue weighted by Crippen LogP contribution is 2.29. The number of nitrogens with one attached hydrogen (secondary N) is 2. The molecule has 0 saturated heterocycles. The number of hydrogen-bond acceptors (Lipinski definition) is 7. The Bertz CT molecular complexity index is 1290. The molecule has 0 fully saturated rings. The Morgan fingerprint density at radius 3 is 2.62 bits per heavy atom. The van der Waals surface area contributed by atoms with E-state index in [1.807, 2.05) is 25.1 Å². The van der Waals surface area contributed by atoms with Gasteiger partial charge in [0, 0.05) is 36.8 Å². The van der Waals surface area contributed by atoms with Crippen molar-refractivity contribution >= 4 is 23.3 Å².